The highest BCUT2D eigenvalue weighted by molar-refractivity contribution is 5.58. The number of hydrogen-bond acceptors (Lipinski definition) is 3. The number of rotatable bonds is 4. The average Bonchev–Trinajstić information content (AvgIpc) is 2.14. The summed E-state index contributed by atoms with van der Waals surface area (Å²) in [4.78, 5) is 8.24. The van der Waals surface area contributed by atoms with Gasteiger partial charge in [0.15, 0.2) is 0 Å². The van der Waals surface area contributed by atoms with Crippen LogP contribution in [-0.2, 0) is 11.3 Å². The standard InChI is InChI=1S/C9H12N2O/c1-12-7-6-10-8-9-4-2-3-5-11-9/h2-6H,7-8H2,1H3. The Morgan fingerprint density at radius 3 is 3.17 bits per heavy atom. The van der Waals surface area contributed by atoms with Crippen LogP contribution in [0.5, 0.6) is 0 Å². The van der Waals surface area contributed by atoms with Crippen LogP contribution in [0.3, 0.4) is 0 Å². The van der Waals surface area contributed by atoms with E-state index < -0.39 is 0 Å². The molecule has 1 heterocycles. The molecule has 0 fully saturated rings. The van der Waals surface area contributed by atoms with Gasteiger partial charge in [-0.3, -0.25) is 9.98 Å². The first-order valence-electron chi connectivity index (χ1n) is 3.80. The van der Waals surface area contributed by atoms with Gasteiger partial charge in [0, 0.05) is 19.5 Å². The van der Waals surface area contributed by atoms with E-state index in [-0.39, 0.29) is 0 Å². The smallest absolute Gasteiger partial charge is 0.0810 e. The van der Waals surface area contributed by atoms with Gasteiger partial charge in [0.2, 0.25) is 0 Å². The second kappa shape index (κ2) is 5.43. The van der Waals surface area contributed by atoms with E-state index in [0.29, 0.717) is 13.2 Å². The molecule has 0 bridgehead atoms. The van der Waals surface area contributed by atoms with Crippen LogP contribution in [0.15, 0.2) is 29.4 Å². The van der Waals surface area contributed by atoms with Crippen molar-refractivity contribution in [2.24, 2.45) is 4.99 Å². The first-order chi connectivity index (χ1) is 5.93. The number of methoxy groups -OCH3 is 1. The lowest BCUT2D eigenvalue weighted by Crippen LogP contribution is -1.91. The molecule has 0 unspecified atom stereocenters. The Morgan fingerprint density at radius 2 is 2.50 bits per heavy atom. The molecular weight excluding hydrogens is 152 g/mol. The molecule has 0 spiro atoms. The van der Waals surface area contributed by atoms with Gasteiger partial charge >= 0.3 is 0 Å². The van der Waals surface area contributed by atoms with E-state index in [9.17, 15) is 0 Å². The Morgan fingerprint density at radius 1 is 1.58 bits per heavy atom. The van der Waals surface area contributed by atoms with Gasteiger partial charge in [0.25, 0.3) is 0 Å². The average molecular weight is 164 g/mol. The number of hydrogen-bond donors (Lipinski definition) is 0. The van der Waals surface area contributed by atoms with E-state index in [1.807, 2.05) is 18.2 Å². The summed E-state index contributed by atoms with van der Waals surface area (Å²) in [5.41, 5.74) is 0.977. The van der Waals surface area contributed by atoms with Crippen molar-refractivity contribution in [3.05, 3.63) is 30.1 Å². The minimum absolute atomic E-state index is 0.562. The second-order valence-corrected chi connectivity index (χ2v) is 2.30. The molecule has 64 valence electrons. The minimum atomic E-state index is 0.562. The molecule has 0 saturated heterocycles. The Balaban J connectivity index is 2.33. The van der Waals surface area contributed by atoms with Crippen LogP contribution in [-0.4, -0.2) is 24.9 Å². The molecule has 0 aliphatic rings. The van der Waals surface area contributed by atoms with Crippen LogP contribution in [0.25, 0.3) is 0 Å². The summed E-state index contributed by atoms with van der Waals surface area (Å²) in [6, 6.07) is 5.79. The fourth-order valence-corrected chi connectivity index (χ4v) is 0.777. The van der Waals surface area contributed by atoms with Gasteiger partial charge in [0.05, 0.1) is 18.8 Å². The minimum Gasteiger partial charge on any atom is -0.379 e. The summed E-state index contributed by atoms with van der Waals surface area (Å²) < 4.78 is 4.81. The second-order valence-electron chi connectivity index (χ2n) is 2.30. The number of nitrogens with zero attached hydrogens (tertiary/aromatic N) is 2. The molecule has 0 radical (unpaired) electrons. The molecule has 1 rings (SSSR count). The fourth-order valence-electron chi connectivity index (χ4n) is 0.777. The summed E-state index contributed by atoms with van der Waals surface area (Å²) >= 11 is 0. The highest BCUT2D eigenvalue weighted by atomic mass is 16.5. The normalized spacial score (nSPS) is 10.8. The lowest BCUT2D eigenvalue weighted by molar-refractivity contribution is 0.248. The molecular formula is C9H12N2O. The first-order valence-corrected chi connectivity index (χ1v) is 3.80. The monoisotopic (exact) mass is 164 g/mol. The van der Waals surface area contributed by atoms with Crippen LogP contribution in [0.2, 0.25) is 0 Å². The van der Waals surface area contributed by atoms with Crippen LogP contribution in [0.1, 0.15) is 5.69 Å². The molecule has 1 aromatic rings. The van der Waals surface area contributed by atoms with Crippen molar-refractivity contribution >= 4 is 6.21 Å². The highest BCUT2D eigenvalue weighted by Crippen LogP contribution is 1.93. The molecule has 1 aromatic heterocycles. The highest BCUT2D eigenvalue weighted by Gasteiger charge is 1.86. The third-order valence-electron chi connectivity index (χ3n) is 1.35. The maximum absolute atomic E-state index is 4.81. The Hall–Kier alpha value is -1.22. The topological polar surface area (TPSA) is 34.5 Å². The lowest BCUT2D eigenvalue weighted by Gasteiger charge is -1.92. The maximum Gasteiger partial charge on any atom is 0.0810 e. The lowest BCUT2D eigenvalue weighted by atomic mass is 10.3. The van der Waals surface area contributed by atoms with E-state index in [1.54, 1.807) is 19.5 Å². The predicted molar refractivity (Wildman–Crippen MR) is 48.3 cm³/mol. The maximum atomic E-state index is 4.81. The molecule has 0 aliphatic carbocycles. The number of pyridine rings is 1. The van der Waals surface area contributed by atoms with Gasteiger partial charge in [0.1, 0.15) is 0 Å². The van der Waals surface area contributed by atoms with Crippen molar-refractivity contribution < 1.29 is 4.74 Å². The van der Waals surface area contributed by atoms with E-state index in [1.165, 1.54) is 0 Å². The van der Waals surface area contributed by atoms with Gasteiger partial charge in [-0.1, -0.05) is 6.07 Å². The molecule has 0 atom stereocenters. The number of aromatic nitrogens is 1. The zero-order chi connectivity index (χ0) is 8.65. The van der Waals surface area contributed by atoms with E-state index in [4.69, 9.17) is 4.74 Å². The van der Waals surface area contributed by atoms with Gasteiger partial charge in [-0.2, -0.15) is 0 Å². The molecule has 3 heteroatoms. The van der Waals surface area contributed by atoms with E-state index >= 15 is 0 Å². The van der Waals surface area contributed by atoms with Gasteiger partial charge in [-0.25, -0.2) is 0 Å². The third kappa shape index (κ3) is 3.25. The molecule has 0 saturated carbocycles. The summed E-state index contributed by atoms with van der Waals surface area (Å²) in [5, 5.41) is 0. The Labute approximate surface area is 72.1 Å². The molecule has 12 heavy (non-hydrogen) atoms. The number of ether oxygens (including phenoxy) is 1. The van der Waals surface area contributed by atoms with Crippen molar-refractivity contribution in [2.75, 3.05) is 13.7 Å². The van der Waals surface area contributed by atoms with E-state index in [0.717, 1.165) is 5.69 Å². The van der Waals surface area contributed by atoms with Crippen LogP contribution in [0, 0.1) is 0 Å². The number of aliphatic imine (C=N–C) groups is 1. The van der Waals surface area contributed by atoms with Crippen molar-refractivity contribution in [1.82, 2.24) is 4.98 Å². The van der Waals surface area contributed by atoms with Crippen molar-refractivity contribution in [3.8, 4) is 0 Å². The largest absolute Gasteiger partial charge is 0.379 e. The SMILES string of the molecule is COCC=NCc1ccccn1. The molecule has 0 amide bonds. The molecule has 0 aromatic carbocycles. The zero-order valence-electron chi connectivity index (χ0n) is 7.10. The van der Waals surface area contributed by atoms with Crippen LogP contribution in [0.4, 0.5) is 0 Å². The third-order valence-corrected chi connectivity index (χ3v) is 1.35. The Bertz CT molecular complexity index is 234. The molecule has 0 aliphatic heterocycles. The van der Waals surface area contributed by atoms with E-state index in [2.05, 4.69) is 9.98 Å². The van der Waals surface area contributed by atoms with Crippen molar-refractivity contribution in [1.29, 1.82) is 0 Å². The summed E-state index contributed by atoms with van der Waals surface area (Å²) in [6.07, 6.45) is 3.51. The zero-order valence-corrected chi connectivity index (χ0v) is 7.10. The van der Waals surface area contributed by atoms with Crippen molar-refractivity contribution in [3.63, 3.8) is 0 Å². The van der Waals surface area contributed by atoms with Gasteiger partial charge < -0.3 is 4.74 Å². The first kappa shape index (κ1) is 8.87. The molecule has 0 N–H and O–H groups in total. The summed E-state index contributed by atoms with van der Waals surface area (Å²) in [7, 11) is 1.65. The van der Waals surface area contributed by atoms with Gasteiger partial charge in [-0.05, 0) is 12.1 Å². The predicted octanol–water partition coefficient (Wildman–Crippen LogP) is 1.30. The summed E-state index contributed by atoms with van der Waals surface area (Å²) in [5.74, 6) is 0. The van der Waals surface area contributed by atoms with Crippen molar-refractivity contribution in [2.45, 2.75) is 6.54 Å². The van der Waals surface area contributed by atoms with Crippen LogP contribution < -0.4 is 0 Å². The fraction of sp³-hybridized carbons (Fsp3) is 0.333. The van der Waals surface area contributed by atoms with Crippen LogP contribution >= 0.6 is 0 Å². The molecule has 3 nitrogen and oxygen atoms in total. The Kier molecular flexibility index (Phi) is 4.02. The summed E-state index contributed by atoms with van der Waals surface area (Å²) in [6.45, 7) is 1.19. The quantitative estimate of drug-likeness (QED) is 0.628. The van der Waals surface area contributed by atoms with Gasteiger partial charge in [-0.15, -0.1) is 0 Å².